The van der Waals surface area contributed by atoms with Crippen molar-refractivity contribution in [3.63, 3.8) is 0 Å². The zero-order chi connectivity index (χ0) is 27.3. The molecule has 0 radical (unpaired) electrons. The van der Waals surface area contributed by atoms with Crippen molar-refractivity contribution in [2.75, 3.05) is 12.0 Å². The number of aliphatic carboxylic acids is 1. The molecular formula is C26H42N4O5S. The smallest absolute Gasteiger partial charge is 0.326 e. The van der Waals surface area contributed by atoms with Crippen LogP contribution < -0.4 is 21.7 Å². The summed E-state index contributed by atoms with van der Waals surface area (Å²) in [6.07, 6.45) is 3.40. The molecule has 9 nitrogen and oxygen atoms in total. The molecule has 0 aromatic heterocycles. The highest BCUT2D eigenvalue weighted by Gasteiger charge is 2.33. The van der Waals surface area contributed by atoms with Crippen LogP contribution in [0.25, 0.3) is 0 Å². The van der Waals surface area contributed by atoms with E-state index in [0.29, 0.717) is 25.0 Å². The van der Waals surface area contributed by atoms with Crippen LogP contribution in [0.5, 0.6) is 0 Å². The lowest BCUT2D eigenvalue weighted by molar-refractivity contribution is -0.142. The van der Waals surface area contributed by atoms with Crippen LogP contribution in [0.2, 0.25) is 0 Å². The quantitative estimate of drug-likeness (QED) is 0.223. The van der Waals surface area contributed by atoms with Gasteiger partial charge in [0.1, 0.15) is 18.1 Å². The standard InChI is InChI=1S/C26H42N4O5S/c1-6-17(4)22(25(33)28-20(26(34)35)12-13-36-5)30-24(32)21(14-16(2)3)29-23(31)19(27)15-18-10-8-7-9-11-18/h7-11,16-17,19-22H,6,12-15,27H2,1-5H3,(H,28,33)(H,29,31)(H,30,32)(H,34,35). The van der Waals surface area contributed by atoms with Gasteiger partial charge >= 0.3 is 5.97 Å². The second-order valence-corrected chi connectivity index (χ2v) is 10.5. The summed E-state index contributed by atoms with van der Waals surface area (Å²) in [6.45, 7) is 7.56. The highest BCUT2D eigenvalue weighted by molar-refractivity contribution is 7.98. The average Bonchev–Trinajstić information content (AvgIpc) is 2.83. The molecule has 36 heavy (non-hydrogen) atoms. The number of carbonyl (C=O) groups is 4. The molecule has 0 aliphatic heterocycles. The van der Waals surface area contributed by atoms with E-state index in [1.165, 1.54) is 11.8 Å². The fraction of sp³-hybridized carbons (Fsp3) is 0.615. The van der Waals surface area contributed by atoms with Gasteiger partial charge in [-0.15, -0.1) is 0 Å². The summed E-state index contributed by atoms with van der Waals surface area (Å²) in [6, 6.07) is 5.66. The number of carboxylic acid groups (broad SMARTS) is 1. The third kappa shape index (κ3) is 11.0. The summed E-state index contributed by atoms with van der Waals surface area (Å²) in [5.41, 5.74) is 7.02. The predicted molar refractivity (Wildman–Crippen MR) is 143 cm³/mol. The van der Waals surface area contributed by atoms with Crippen molar-refractivity contribution in [1.82, 2.24) is 16.0 Å². The van der Waals surface area contributed by atoms with Crippen molar-refractivity contribution in [3.8, 4) is 0 Å². The van der Waals surface area contributed by atoms with Gasteiger partial charge in [-0.1, -0.05) is 64.4 Å². The first-order chi connectivity index (χ1) is 17.0. The van der Waals surface area contributed by atoms with Crippen molar-refractivity contribution >= 4 is 35.5 Å². The maximum atomic E-state index is 13.3. The van der Waals surface area contributed by atoms with Gasteiger partial charge in [-0.2, -0.15) is 11.8 Å². The Bertz CT molecular complexity index is 852. The molecule has 1 aromatic rings. The Morgan fingerprint density at radius 2 is 1.56 bits per heavy atom. The fourth-order valence-corrected chi connectivity index (χ4v) is 4.12. The van der Waals surface area contributed by atoms with Crippen LogP contribution in [0.1, 0.15) is 52.5 Å². The maximum absolute atomic E-state index is 13.3. The number of rotatable bonds is 16. The second-order valence-electron chi connectivity index (χ2n) is 9.54. The lowest BCUT2D eigenvalue weighted by Gasteiger charge is -2.28. The molecule has 3 amide bonds. The van der Waals surface area contributed by atoms with Crippen LogP contribution in [-0.2, 0) is 25.6 Å². The number of carboxylic acids is 1. The van der Waals surface area contributed by atoms with E-state index in [1.54, 1.807) is 0 Å². The van der Waals surface area contributed by atoms with Crippen LogP contribution in [0.3, 0.4) is 0 Å². The number of amides is 3. The number of carbonyl (C=O) groups excluding carboxylic acids is 3. The number of nitrogens with one attached hydrogen (secondary N) is 3. The zero-order valence-electron chi connectivity index (χ0n) is 22.0. The normalized spacial score (nSPS) is 15.3. The van der Waals surface area contributed by atoms with Crippen LogP contribution in [0, 0.1) is 11.8 Å². The summed E-state index contributed by atoms with van der Waals surface area (Å²) in [5, 5.41) is 17.6. The third-order valence-electron chi connectivity index (χ3n) is 5.99. The molecule has 0 aliphatic rings. The molecule has 0 saturated heterocycles. The van der Waals surface area contributed by atoms with E-state index in [2.05, 4.69) is 16.0 Å². The Hall–Kier alpha value is -2.59. The molecule has 6 N–H and O–H groups in total. The van der Waals surface area contributed by atoms with E-state index in [0.717, 1.165) is 5.56 Å². The molecule has 5 unspecified atom stereocenters. The largest absolute Gasteiger partial charge is 0.480 e. The van der Waals surface area contributed by atoms with Gasteiger partial charge in [-0.3, -0.25) is 14.4 Å². The molecule has 0 spiro atoms. The summed E-state index contributed by atoms with van der Waals surface area (Å²) >= 11 is 1.49. The minimum absolute atomic E-state index is 0.0882. The zero-order valence-corrected chi connectivity index (χ0v) is 22.8. The lowest BCUT2D eigenvalue weighted by atomic mass is 9.96. The fourth-order valence-electron chi connectivity index (χ4n) is 3.65. The van der Waals surface area contributed by atoms with Crippen molar-refractivity contribution in [3.05, 3.63) is 35.9 Å². The van der Waals surface area contributed by atoms with Crippen molar-refractivity contribution < 1.29 is 24.3 Å². The van der Waals surface area contributed by atoms with Gasteiger partial charge in [0.15, 0.2) is 0 Å². The molecular weight excluding hydrogens is 480 g/mol. The van der Waals surface area contributed by atoms with Crippen LogP contribution in [0.4, 0.5) is 0 Å². The summed E-state index contributed by atoms with van der Waals surface area (Å²) in [5.74, 6) is -2.22. The Balaban J connectivity index is 2.96. The number of hydrogen-bond acceptors (Lipinski definition) is 6. The Kier molecular flexibility index (Phi) is 14.2. The molecule has 0 aliphatic carbocycles. The molecule has 202 valence electrons. The molecule has 0 fully saturated rings. The summed E-state index contributed by atoms with van der Waals surface area (Å²) < 4.78 is 0. The lowest BCUT2D eigenvalue weighted by Crippen LogP contribution is -2.59. The number of benzene rings is 1. The van der Waals surface area contributed by atoms with Crippen LogP contribution >= 0.6 is 11.8 Å². The minimum atomic E-state index is -1.12. The monoisotopic (exact) mass is 522 g/mol. The first-order valence-electron chi connectivity index (χ1n) is 12.4. The highest BCUT2D eigenvalue weighted by Crippen LogP contribution is 2.12. The van der Waals surface area contributed by atoms with Gasteiger partial charge in [-0.25, -0.2) is 4.79 Å². The van der Waals surface area contributed by atoms with E-state index in [1.807, 2.05) is 64.3 Å². The molecule has 10 heteroatoms. The van der Waals surface area contributed by atoms with Gasteiger partial charge in [0.25, 0.3) is 0 Å². The van der Waals surface area contributed by atoms with Crippen LogP contribution in [-0.4, -0.2) is 65.0 Å². The highest BCUT2D eigenvalue weighted by atomic mass is 32.2. The Morgan fingerprint density at radius 3 is 2.08 bits per heavy atom. The van der Waals surface area contributed by atoms with Gasteiger partial charge in [0.05, 0.1) is 6.04 Å². The van der Waals surface area contributed by atoms with Gasteiger partial charge in [0.2, 0.25) is 17.7 Å². The van der Waals surface area contributed by atoms with Gasteiger partial charge in [0, 0.05) is 0 Å². The SMILES string of the molecule is CCC(C)C(NC(=O)C(CC(C)C)NC(=O)C(N)Cc1ccccc1)C(=O)NC(CCSC)C(=O)O. The van der Waals surface area contributed by atoms with Crippen molar-refractivity contribution in [2.24, 2.45) is 17.6 Å². The second kappa shape index (κ2) is 16.2. The number of thioether (sulfide) groups is 1. The van der Waals surface area contributed by atoms with E-state index in [-0.39, 0.29) is 18.3 Å². The molecule has 5 atom stereocenters. The molecule has 0 heterocycles. The number of nitrogens with two attached hydrogens (primary N) is 1. The third-order valence-corrected chi connectivity index (χ3v) is 6.64. The van der Waals surface area contributed by atoms with Crippen molar-refractivity contribution in [2.45, 2.75) is 77.5 Å². The summed E-state index contributed by atoms with van der Waals surface area (Å²) in [7, 11) is 0. The van der Waals surface area contributed by atoms with E-state index in [4.69, 9.17) is 5.73 Å². The topological polar surface area (TPSA) is 151 Å². The average molecular weight is 523 g/mol. The first-order valence-corrected chi connectivity index (χ1v) is 13.8. The Labute approximate surface area is 218 Å². The van der Waals surface area contributed by atoms with E-state index in [9.17, 15) is 24.3 Å². The van der Waals surface area contributed by atoms with Gasteiger partial charge in [-0.05, 0) is 48.7 Å². The van der Waals surface area contributed by atoms with Crippen molar-refractivity contribution in [1.29, 1.82) is 0 Å². The predicted octanol–water partition coefficient (Wildman–Crippen LogP) is 1.94. The first kappa shape index (κ1) is 31.4. The molecule has 0 bridgehead atoms. The maximum Gasteiger partial charge on any atom is 0.326 e. The van der Waals surface area contributed by atoms with Gasteiger partial charge < -0.3 is 26.8 Å². The minimum Gasteiger partial charge on any atom is -0.480 e. The number of hydrogen-bond donors (Lipinski definition) is 5. The Morgan fingerprint density at radius 1 is 0.944 bits per heavy atom. The van der Waals surface area contributed by atoms with E-state index >= 15 is 0 Å². The molecule has 1 rings (SSSR count). The molecule has 0 saturated carbocycles. The molecule has 1 aromatic carbocycles. The van der Waals surface area contributed by atoms with Crippen LogP contribution in [0.15, 0.2) is 30.3 Å². The summed E-state index contributed by atoms with van der Waals surface area (Å²) in [4.78, 5) is 50.7. The van der Waals surface area contributed by atoms with E-state index < -0.39 is 47.9 Å².